The second kappa shape index (κ2) is 10.2. The first-order chi connectivity index (χ1) is 17.1. The summed E-state index contributed by atoms with van der Waals surface area (Å²) >= 11 is 0. The summed E-state index contributed by atoms with van der Waals surface area (Å²) in [7, 11) is -1.83. The SMILES string of the molecule is C=C/C=C(\C=C/C)S1(c2ccccc2)/C(=C/C)c2c(C=C)c(C=C)c(/C=C\C)n2-c2ccccc21. The van der Waals surface area contributed by atoms with Gasteiger partial charge in [-0.3, -0.25) is 0 Å². The van der Waals surface area contributed by atoms with Crippen LogP contribution in [-0.4, -0.2) is 4.57 Å². The molecule has 35 heavy (non-hydrogen) atoms. The van der Waals surface area contributed by atoms with Crippen molar-refractivity contribution < 1.29 is 0 Å². The first-order valence-electron chi connectivity index (χ1n) is 11.9. The third-order valence-electron chi connectivity index (χ3n) is 6.34. The molecule has 0 aliphatic carbocycles. The molecule has 2 heteroatoms. The summed E-state index contributed by atoms with van der Waals surface area (Å²) in [6, 6.07) is 19.7. The predicted molar refractivity (Wildman–Crippen MR) is 158 cm³/mol. The highest BCUT2D eigenvalue weighted by atomic mass is 32.3. The fourth-order valence-corrected chi connectivity index (χ4v) is 9.48. The molecule has 2 aromatic carbocycles. The Bertz CT molecular complexity index is 1410. The molecule has 0 amide bonds. The van der Waals surface area contributed by atoms with Crippen LogP contribution in [0.5, 0.6) is 0 Å². The molecular weight excluding hydrogens is 442 g/mol. The molecule has 0 bridgehead atoms. The number of aromatic nitrogens is 1. The lowest BCUT2D eigenvalue weighted by Gasteiger charge is -2.48. The van der Waals surface area contributed by atoms with E-state index in [-0.39, 0.29) is 0 Å². The standard InChI is InChI=1S/C33H33NS/c1-7-18-25(19-8-2)35(26-21-14-13-15-22-26)31(12-6)33-28(11-5)27(10-4)29(20-9-3)34(33)30-23-16-17-24-32(30)35/h7-24H,1,4-5H2,2-3,6H3/b19-8-,20-9-,25-18+,31-12+. The third kappa shape index (κ3) is 3.57. The molecule has 0 N–H and O–H groups in total. The van der Waals surface area contributed by atoms with Gasteiger partial charge in [0, 0.05) is 30.7 Å². The van der Waals surface area contributed by atoms with Crippen molar-refractivity contribution in [1.82, 2.24) is 4.57 Å². The molecule has 1 unspecified atom stereocenters. The summed E-state index contributed by atoms with van der Waals surface area (Å²) in [5.74, 6) is 0. The summed E-state index contributed by atoms with van der Waals surface area (Å²) in [6.45, 7) is 18.8. The van der Waals surface area contributed by atoms with Crippen molar-refractivity contribution in [2.75, 3.05) is 0 Å². The van der Waals surface area contributed by atoms with Gasteiger partial charge in [0.1, 0.15) is 0 Å². The highest BCUT2D eigenvalue weighted by Gasteiger charge is 2.44. The Morgan fingerprint density at radius 3 is 2.11 bits per heavy atom. The molecule has 0 spiro atoms. The van der Waals surface area contributed by atoms with E-state index >= 15 is 0 Å². The number of benzene rings is 2. The Morgan fingerprint density at radius 1 is 0.829 bits per heavy atom. The fraction of sp³-hybridized carbons (Fsp3) is 0.0909. The van der Waals surface area contributed by atoms with Crippen molar-refractivity contribution in [2.45, 2.75) is 30.6 Å². The minimum atomic E-state index is -1.83. The number of nitrogens with zero attached hydrogens (tertiary/aromatic N) is 1. The van der Waals surface area contributed by atoms with E-state index in [2.05, 4.69) is 136 Å². The zero-order valence-corrected chi connectivity index (χ0v) is 21.7. The van der Waals surface area contributed by atoms with Crippen molar-refractivity contribution >= 4 is 33.2 Å². The Labute approximate surface area is 211 Å². The quantitative estimate of drug-likeness (QED) is 0.300. The van der Waals surface area contributed by atoms with Gasteiger partial charge in [0.2, 0.25) is 0 Å². The van der Waals surface area contributed by atoms with Gasteiger partial charge in [0.25, 0.3) is 0 Å². The van der Waals surface area contributed by atoms with E-state index < -0.39 is 10.0 Å². The van der Waals surface area contributed by atoms with Crippen LogP contribution in [0.25, 0.3) is 28.8 Å². The second-order valence-corrected chi connectivity index (χ2v) is 11.2. The molecule has 2 heterocycles. The summed E-state index contributed by atoms with van der Waals surface area (Å²) in [4.78, 5) is 5.14. The number of allylic oxidation sites excluding steroid dienone is 6. The molecule has 0 saturated carbocycles. The summed E-state index contributed by atoms with van der Waals surface area (Å²) in [6.07, 6.45) is 19.0. The molecule has 0 fully saturated rings. The van der Waals surface area contributed by atoms with E-state index in [1.807, 2.05) is 18.2 Å². The molecule has 0 saturated heterocycles. The Kier molecular flexibility index (Phi) is 7.14. The second-order valence-electron chi connectivity index (χ2n) is 8.16. The van der Waals surface area contributed by atoms with Crippen molar-refractivity contribution in [3.05, 3.63) is 138 Å². The van der Waals surface area contributed by atoms with Crippen molar-refractivity contribution in [1.29, 1.82) is 0 Å². The largest absolute Gasteiger partial charge is 0.307 e. The lowest BCUT2D eigenvalue weighted by atomic mass is 10.1. The molecule has 4 rings (SSSR count). The fourth-order valence-electron chi connectivity index (χ4n) is 5.15. The lowest BCUT2D eigenvalue weighted by Crippen LogP contribution is -2.19. The van der Waals surface area contributed by atoms with E-state index in [4.69, 9.17) is 0 Å². The maximum atomic E-state index is 4.24. The van der Waals surface area contributed by atoms with E-state index in [1.165, 1.54) is 31.0 Å². The van der Waals surface area contributed by atoms with E-state index in [0.29, 0.717) is 0 Å². The van der Waals surface area contributed by atoms with Crippen LogP contribution in [0.4, 0.5) is 0 Å². The van der Waals surface area contributed by atoms with Gasteiger partial charge in [-0.2, -0.15) is 0 Å². The van der Waals surface area contributed by atoms with Crippen molar-refractivity contribution in [3.8, 4) is 5.69 Å². The number of hydrogen-bond donors (Lipinski definition) is 0. The van der Waals surface area contributed by atoms with Gasteiger partial charge >= 0.3 is 0 Å². The zero-order valence-electron chi connectivity index (χ0n) is 20.9. The van der Waals surface area contributed by atoms with E-state index in [1.54, 1.807) is 0 Å². The predicted octanol–water partition coefficient (Wildman–Crippen LogP) is 10.0. The number of fused-ring (bicyclic) bond motifs is 3. The number of para-hydroxylation sites is 1. The van der Waals surface area contributed by atoms with Crippen LogP contribution in [-0.2, 0) is 0 Å². The van der Waals surface area contributed by atoms with Gasteiger partial charge < -0.3 is 4.57 Å². The van der Waals surface area contributed by atoms with E-state index in [0.717, 1.165) is 16.8 Å². The normalized spacial score (nSPS) is 20.4. The van der Waals surface area contributed by atoms with Crippen LogP contribution >= 0.6 is 10.0 Å². The molecule has 3 aromatic rings. The first-order valence-corrected chi connectivity index (χ1v) is 13.5. The van der Waals surface area contributed by atoms with Crippen LogP contribution in [0.1, 0.15) is 43.3 Å². The molecular formula is C33H33NS. The number of rotatable bonds is 7. The summed E-state index contributed by atoms with van der Waals surface area (Å²) in [5.41, 5.74) is 5.71. The average Bonchev–Trinajstić information content (AvgIpc) is 3.21. The molecule has 1 nitrogen and oxygen atoms in total. The van der Waals surface area contributed by atoms with Gasteiger partial charge in [-0.05, 0) is 57.2 Å². The summed E-state index contributed by atoms with van der Waals surface area (Å²) < 4.78 is 2.40. The van der Waals surface area contributed by atoms with Crippen molar-refractivity contribution in [2.24, 2.45) is 0 Å². The first kappa shape index (κ1) is 24.4. The van der Waals surface area contributed by atoms with E-state index in [9.17, 15) is 0 Å². The van der Waals surface area contributed by atoms with Crippen LogP contribution < -0.4 is 0 Å². The van der Waals surface area contributed by atoms with Crippen molar-refractivity contribution in [3.63, 3.8) is 0 Å². The van der Waals surface area contributed by atoms with Crippen LogP contribution in [0.2, 0.25) is 0 Å². The van der Waals surface area contributed by atoms with Gasteiger partial charge in [0.05, 0.1) is 17.1 Å². The molecule has 1 aromatic heterocycles. The molecule has 176 valence electrons. The van der Waals surface area contributed by atoms with Crippen LogP contribution in [0.15, 0.2) is 125 Å². The minimum absolute atomic E-state index is 1.10. The molecule has 1 atom stereocenters. The summed E-state index contributed by atoms with van der Waals surface area (Å²) in [5, 5.41) is 0. The zero-order chi connectivity index (χ0) is 25.0. The van der Waals surface area contributed by atoms with Gasteiger partial charge in [-0.1, -0.05) is 92.6 Å². The molecule has 1 aliphatic rings. The molecule has 0 radical (unpaired) electrons. The monoisotopic (exact) mass is 475 g/mol. The molecule has 1 aliphatic heterocycles. The van der Waals surface area contributed by atoms with Crippen LogP contribution in [0.3, 0.4) is 0 Å². The van der Waals surface area contributed by atoms with Gasteiger partial charge in [0.15, 0.2) is 0 Å². The Balaban J connectivity index is 2.34. The minimum Gasteiger partial charge on any atom is -0.307 e. The Hall–Kier alpha value is -3.75. The number of hydrogen-bond acceptors (Lipinski definition) is 0. The highest BCUT2D eigenvalue weighted by Crippen LogP contribution is 2.79. The maximum Gasteiger partial charge on any atom is 0.0668 e. The lowest BCUT2D eigenvalue weighted by molar-refractivity contribution is 0.993. The topological polar surface area (TPSA) is 4.93 Å². The Morgan fingerprint density at radius 2 is 1.51 bits per heavy atom. The van der Waals surface area contributed by atoms with Crippen LogP contribution in [0, 0.1) is 0 Å². The average molecular weight is 476 g/mol. The van der Waals surface area contributed by atoms with Gasteiger partial charge in [-0.25, -0.2) is 0 Å². The smallest absolute Gasteiger partial charge is 0.0668 e. The third-order valence-corrected chi connectivity index (χ3v) is 10.4. The highest BCUT2D eigenvalue weighted by molar-refractivity contribution is 8.44. The maximum absolute atomic E-state index is 4.24. The van der Waals surface area contributed by atoms with Gasteiger partial charge in [-0.15, -0.1) is 10.0 Å².